The van der Waals surface area contributed by atoms with Gasteiger partial charge in [0.05, 0.1) is 0 Å². The van der Waals surface area contributed by atoms with E-state index in [1.165, 1.54) is 77.8 Å². The van der Waals surface area contributed by atoms with Crippen molar-refractivity contribution in [2.75, 3.05) is 39.3 Å². The minimum Gasteiger partial charge on any atom is -0.301 e. The Labute approximate surface area is 191 Å². The molecule has 180 valence electrons. The fourth-order valence-electron chi connectivity index (χ4n) is 4.63. The minimum atomic E-state index is 0.757. The molecule has 0 spiro atoms. The van der Waals surface area contributed by atoms with Gasteiger partial charge in [0.25, 0.3) is 0 Å². The Bertz CT molecular complexity index is 335. The predicted molar refractivity (Wildman–Crippen MR) is 135 cm³/mol. The average Bonchev–Trinajstić information content (AvgIpc) is 2.70. The molecular weight excluding hydrogens is 366 g/mol. The summed E-state index contributed by atoms with van der Waals surface area (Å²) >= 11 is 0. The molecule has 0 aromatic rings. The Morgan fingerprint density at radius 2 is 0.567 bits per heavy atom. The van der Waals surface area contributed by atoms with E-state index in [-0.39, 0.29) is 0 Å². The quantitative estimate of drug-likeness (QED) is 0.521. The van der Waals surface area contributed by atoms with Crippen molar-refractivity contribution in [3.63, 3.8) is 0 Å². The highest BCUT2D eigenvalue weighted by molar-refractivity contribution is 4.73. The van der Waals surface area contributed by atoms with Crippen LogP contribution in [0.5, 0.6) is 0 Å². The van der Waals surface area contributed by atoms with Crippen LogP contribution in [0.1, 0.15) is 101 Å². The van der Waals surface area contributed by atoms with Crippen molar-refractivity contribution in [2.24, 2.45) is 17.8 Å². The van der Waals surface area contributed by atoms with Crippen LogP contribution in [0.15, 0.2) is 0 Å². The molecule has 0 radical (unpaired) electrons. The lowest BCUT2D eigenvalue weighted by Gasteiger charge is -2.33. The fraction of sp³-hybridized carbons (Fsp3) is 1.00. The zero-order valence-corrected chi connectivity index (χ0v) is 22.3. The van der Waals surface area contributed by atoms with Crippen molar-refractivity contribution >= 4 is 0 Å². The third kappa shape index (κ3) is 11.5. The zero-order valence-electron chi connectivity index (χ0n) is 22.3. The van der Waals surface area contributed by atoms with Crippen LogP contribution in [0, 0.1) is 17.8 Å². The molecule has 0 aliphatic carbocycles. The third-order valence-electron chi connectivity index (χ3n) is 7.65. The molecule has 3 nitrogen and oxygen atoms in total. The summed E-state index contributed by atoms with van der Waals surface area (Å²) in [4.78, 5) is 7.71. The molecule has 0 atom stereocenters. The van der Waals surface area contributed by atoms with Crippen LogP contribution in [-0.4, -0.2) is 72.1 Å². The van der Waals surface area contributed by atoms with Crippen LogP contribution in [0.3, 0.4) is 0 Å². The Morgan fingerprint density at radius 3 is 0.700 bits per heavy atom. The SMILES string of the molecule is CC1CCN(C(C)C)CC1.CC1CCN(C(C)C)CC1.CC1CCN(C(C)C)CC1. The second kappa shape index (κ2) is 14.9. The Balaban J connectivity index is 0.000000225. The van der Waals surface area contributed by atoms with E-state index in [2.05, 4.69) is 77.0 Å². The van der Waals surface area contributed by atoms with Gasteiger partial charge in [-0.2, -0.15) is 0 Å². The summed E-state index contributed by atoms with van der Waals surface area (Å²) in [6, 6.07) is 2.27. The van der Waals surface area contributed by atoms with Gasteiger partial charge in [-0.25, -0.2) is 0 Å². The van der Waals surface area contributed by atoms with Crippen LogP contribution < -0.4 is 0 Å². The molecule has 0 N–H and O–H groups in total. The van der Waals surface area contributed by atoms with Crippen molar-refractivity contribution in [3.8, 4) is 0 Å². The highest BCUT2D eigenvalue weighted by Crippen LogP contribution is 2.19. The number of rotatable bonds is 3. The maximum atomic E-state index is 2.57. The second-order valence-corrected chi connectivity index (χ2v) is 11.4. The van der Waals surface area contributed by atoms with Gasteiger partial charge in [-0.15, -0.1) is 0 Å². The van der Waals surface area contributed by atoms with Crippen LogP contribution in [0.4, 0.5) is 0 Å². The lowest BCUT2D eigenvalue weighted by molar-refractivity contribution is 0.156. The zero-order chi connectivity index (χ0) is 22.7. The predicted octanol–water partition coefficient (Wildman–Crippen LogP) is 6.38. The highest BCUT2D eigenvalue weighted by Gasteiger charge is 2.18. The second-order valence-electron chi connectivity index (χ2n) is 11.4. The summed E-state index contributed by atoms with van der Waals surface area (Å²) < 4.78 is 0. The van der Waals surface area contributed by atoms with Gasteiger partial charge in [0.2, 0.25) is 0 Å². The Morgan fingerprint density at radius 1 is 0.400 bits per heavy atom. The maximum Gasteiger partial charge on any atom is 0.00385 e. The normalized spacial score (nSPS) is 24.0. The van der Waals surface area contributed by atoms with Crippen molar-refractivity contribution in [1.82, 2.24) is 14.7 Å². The van der Waals surface area contributed by atoms with Crippen LogP contribution in [0.2, 0.25) is 0 Å². The number of likely N-dealkylation sites (tertiary alicyclic amines) is 3. The molecule has 0 aromatic carbocycles. The number of piperidine rings is 3. The molecule has 0 amide bonds. The van der Waals surface area contributed by atoms with E-state index >= 15 is 0 Å². The van der Waals surface area contributed by atoms with E-state index in [9.17, 15) is 0 Å². The van der Waals surface area contributed by atoms with Crippen molar-refractivity contribution in [2.45, 2.75) is 119 Å². The van der Waals surface area contributed by atoms with Gasteiger partial charge in [0.1, 0.15) is 0 Å². The molecule has 3 heterocycles. The third-order valence-corrected chi connectivity index (χ3v) is 7.65. The fourth-order valence-corrected chi connectivity index (χ4v) is 4.63. The van der Waals surface area contributed by atoms with Gasteiger partial charge in [0, 0.05) is 18.1 Å². The van der Waals surface area contributed by atoms with Gasteiger partial charge in [0.15, 0.2) is 0 Å². The molecule has 3 fully saturated rings. The molecule has 30 heavy (non-hydrogen) atoms. The number of nitrogens with zero attached hydrogens (tertiary/aromatic N) is 3. The van der Waals surface area contributed by atoms with Crippen molar-refractivity contribution in [3.05, 3.63) is 0 Å². The topological polar surface area (TPSA) is 9.72 Å². The van der Waals surface area contributed by atoms with Crippen LogP contribution in [-0.2, 0) is 0 Å². The van der Waals surface area contributed by atoms with Crippen molar-refractivity contribution < 1.29 is 0 Å². The van der Waals surface area contributed by atoms with Gasteiger partial charge in [-0.3, -0.25) is 0 Å². The molecule has 3 rings (SSSR count). The summed E-state index contributed by atoms with van der Waals surface area (Å²) in [7, 11) is 0. The van der Waals surface area contributed by atoms with Gasteiger partial charge >= 0.3 is 0 Å². The summed E-state index contributed by atoms with van der Waals surface area (Å²) in [5, 5.41) is 0. The number of hydrogen-bond acceptors (Lipinski definition) is 3. The van der Waals surface area contributed by atoms with Gasteiger partial charge in [-0.1, -0.05) is 20.8 Å². The molecule has 3 heteroatoms. The molecule has 3 aliphatic heterocycles. The summed E-state index contributed by atoms with van der Waals surface area (Å²) in [6.07, 6.45) is 8.41. The number of hydrogen-bond donors (Lipinski definition) is 0. The molecule has 0 saturated carbocycles. The van der Waals surface area contributed by atoms with E-state index < -0.39 is 0 Å². The first kappa shape index (κ1) is 27.9. The summed E-state index contributed by atoms with van der Waals surface area (Å²) in [5.41, 5.74) is 0. The Hall–Kier alpha value is -0.120. The van der Waals surface area contributed by atoms with Crippen molar-refractivity contribution in [1.29, 1.82) is 0 Å². The molecule has 0 bridgehead atoms. The first-order valence-electron chi connectivity index (χ1n) is 13.3. The van der Waals surface area contributed by atoms with Crippen LogP contribution >= 0.6 is 0 Å². The standard InChI is InChI=1S/3C9H19N/c3*1-8(2)10-6-4-9(3)5-7-10/h3*8-9H,4-7H2,1-3H3. The van der Waals surface area contributed by atoms with E-state index in [0.29, 0.717) is 0 Å². The molecule has 3 saturated heterocycles. The largest absolute Gasteiger partial charge is 0.301 e. The van der Waals surface area contributed by atoms with E-state index in [1.807, 2.05) is 0 Å². The van der Waals surface area contributed by atoms with Crippen LogP contribution in [0.25, 0.3) is 0 Å². The highest BCUT2D eigenvalue weighted by atomic mass is 15.2. The summed E-state index contributed by atoms with van der Waals surface area (Å²) in [6.45, 7) is 28.7. The van der Waals surface area contributed by atoms with Gasteiger partial charge in [-0.05, 0) is 137 Å². The summed E-state index contributed by atoms with van der Waals surface area (Å²) in [5.74, 6) is 2.90. The first-order valence-corrected chi connectivity index (χ1v) is 13.3. The lowest BCUT2D eigenvalue weighted by Crippen LogP contribution is -2.37. The van der Waals surface area contributed by atoms with E-state index in [4.69, 9.17) is 0 Å². The van der Waals surface area contributed by atoms with E-state index in [1.54, 1.807) is 0 Å². The smallest absolute Gasteiger partial charge is 0.00385 e. The molecule has 0 unspecified atom stereocenters. The van der Waals surface area contributed by atoms with Gasteiger partial charge < -0.3 is 14.7 Å². The average molecular weight is 424 g/mol. The monoisotopic (exact) mass is 423 g/mol. The Kier molecular flexibility index (Phi) is 13.8. The first-order chi connectivity index (χ1) is 14.1. The molecule has 3 aliphatic rings. The lowest BCUT2D eigenvalue weighted by atomic mass is 9.98. The molecular formula is C27H57N3. The maximum absolute atomic E-state index is 2.57. The molecule has 0 aromatic heterocycles. The van der Waals surface area contributed by atoms with E-state index in [0.717, 1.165) is 35.9 Å². The minimum absolute atomic E-state index is 0.757.